The molecule has 3 heterocycles. The number of imidazole rings is 1. The van der Waals surface area contributed by atoms with Gasteiger partial charge in [0.05, 0.1) is 19.4 Å². The van der Waals surface area contributed by atoms with Gasteiger partial charge in [0.15, 0.2) is 0 Å². The van der Waals surface area contributed by atoms with Gasteiger partial charge in [0.2, 0.25) is 0 Å². The van der Waals surface area contributed by atoms with E-state index >= 15 is 0 Å². The van der Waals surface area contributed by atoms with Crippen molar-refractivity contribution in [1.29, 1.82) is 0 Å². The minimum absolute atomic E-state index is 0. The van der Waals surface area contributed by atoms with Crippen LogP contribution in [0.2, 0.25) is 0 Å². The van der Waals surface area contributed by atoms with Crippen molar-refractivity contribution in [1.82, 2.24) is 14.1 Å². The maximum atomic E-state index is 8.85. The van der Waals surface area contributed by atoms with E-state index in [4.69, 9.17) is 23.4 Å². The maximum absolute atomic E-state index is 8.85. The van der Waals surface area contributed by atoms with Crippen molar-refractivity contribution < 1.29 is 44.1 Å². The topological polar surface area (TPSA) is 35.9 Å². The van der Waals surface area contributed by atoms with E-state index in [1.165, 1.54) is 15.7 Å². The fourth-order valence-electron chi connectivity index (χ4n) is 7.18. The monoisotopic (exact) mass is 945 g/mol. The summed E-state index contributed by atoms with van der Waals surface area (Å²) < 4.78 is 97.3. The second-order valence-corrected chi connectivity index (χ2v) is 15.4. The zero-order valence-electron chi connectivity index (χ0n) is 42.5. The predicted molar refractivity (Wildman–Crippen MR) is 231 cm³/mol. The number of rotatable bonds is 9. The molecular weight excluding hydrogens is 892 g/mol. The van der Waals surface area contributed by atoms with E-state index in [0.29, 0.717) is 23.1 Å². The minimum Gasteiger partial charge on any atom is -0.510 e. The largest absolute Gasteiger partial charge is 0.510 e. The van der Waals surface area contributed by atoms with E-state index in [0.717, 1.165) is 34.0 Å². The zero-order chi connectivity index (χ0) is 47.8. The van der Waals surface area contributed by atoms with Crippen LogP contribution < -0.4 is 9.30 Å². The van der Waals surface area contributed by atoms with Crippen LogP contribution in [0.3, 0.4) is 0 Å². The van der Waals surface area contributed by atoms with Crippen molar-refractivity contribution in [3.8, 4) is 50.9 Å². The fraction of sp³-hybridized carbons (Fsp3) is 0.154. The summed E-state index contributed by atoms with van der Waals surface area (Å²) in [6, 6.07) is 26.4. The number of aromatic nitrogens is 4. The fourth-order valence-corrected chi connectivity index (χ4v) is 7.18. The molecule has 0 saturated carbocycles. The molecule has 0 bridgehead atoms. The Morgan fingerprint density at radius 3 is 2.16 bits per heavy atom. The van der Waals surface area contributed by atoms with Gasteiger partial charge in [-0.15, -0.1) is 29.7 Å². The number of nitrogens with zero attached hydrogens (tertiary/aromatic N) is 4. The van der Waals surface area contributed by atoms with Crippen LogP contribution in [0.25, 0.3) is 61.3 Å². The summed E-state index contributed by atoms with van der Waals surface area (Å²) in [6.45, 7) is 11.0. The van der Waals surface area contributed by atoms with Crippen LogP contribution in [0.1, 0.15) is 59.5 Å². The molecule has 0 N–H and O–H groups in total. The molecule has 3 aromatic heterocycles. The standard InChI is InChI=1S/C52H44N4O.Pt/c1-36(2)30-37-26-27-53-50(31-37)56-48-25-22-40(52(3,4)5)32-47(48)46-24-23-43(34-49(46)56)57-42-19-12-18-41(33-42)54-28-29-55(35-54)51-44(38-14-8-6-9-15-38)20-13-21-45(51)39-16-10-7-11-17-39;/h6-29,31-32,36H,30H2,1-5H3;/q-2;/i6D,7D,8D,9D,10D,11D,14D,15D,16D,17D;. The smallest absolute Gasteiger partial charge is 0.267 e. The molecule has 0 aliphatic heterocycles. The number of ether oxygens (including phenoxy) is 1. The van der Waals surface area contributed by atoms with Crippen LogP contribution >= 0.6 is 0 Å². The third-order valence-corrected chi connectivity index (χ3v) is 9.83. The predicted octanol–water partition coefficient (Wildman–Crippen LogP) is 12.3. The molecule has 0 radical (unpaired) electrons. The van der Waals surface area contributed by atoms with Crippen LogP contribution in [0.5, 0.6) is 11.5 Å². The Kier molecular flexibility index (Phi) is 7.87. The molecule has 6 heteroatoms. The van der Waals surface area contributed by atoms with Crippen molar-refractivity contribution in [2.24, 2.45) is 5.92 Å². The van der Waals surface area contributed by atoms with Gasteiger partial charge in [-0.2, -0.15) is 18.2 Å². The molecule has 0 spiro atoms. The van der Waals surface area contributed by atoms with Gasteiger partial charge in [-0.05, 0) is 80.4 Å². The van der Waals surface area contributed by atoms with Gasteiger partial charge in [-0.1, -0.05) is 131 Å². The summed E-state index contributed by atoms with van der Waals surface area (Å²) in [6.07, 6.45) is 9.28. The summed E-state index contributed by atoms with van der Waals surface area (Å²) in [5.41, 5.74) is 4.84. The summed E-state index contributed by atoms with van der Waals surface area (Å²) in [4.78, 5) is 4.83. The first-order valence-corrected chi connectivity index (χ1v) is 18.8. The number of hydrogen-bond donors (Lipinski definition) is 0. The molecule has 0 saturated heterocycles. The Morgan fingerprint density at radius 2 is 1.47 bits per heavy atom. The first kappa shape index (κ1) is 28.4. The Labute approximate surface area is 369 Å². The van der Waals surface area contributed by atoms with Gasteiger partial charge in [0.25, 0.3) is 6.33 Å². The van der Waals surface area contributed by atoms with Gasteiger partial charge in [-0.25, -0.2) is 4.98 Å². The normalized spacial score (nSPS) is 14.0. The van der Waals surface area contributed by atoms with Gasteiger partial charge in [-0.3, -0.25) is 4.57 Å². The van der Waals surface area contributed by atoms with E-state index < -0.39 is 60.4 Å². The van der Waals surface area contributed by atoms with Crippen molar-refractivity contribution in [2.45, 2.75) is 46.5 Å². The van der Waals surface area contributed by atoms with E-state index in [-0.39, 0.29) is 54.4 Å². The first-order valence-electron chi connectivity index (χ1n) is 23.8. The Hall–Kier alpha value is -6.03. The molecule has 5 nitrogen and oxygen atoms in total. The van der Waals surface area contributed by atoms with Crippen molar-refractivity contribution in [2.75, 3.05) is 0 Å². The number of hydrogen-bond acceptors (Lipinski definition) is 2. The van der Waals surface area contributed by atoms with Crippen molar-refractivity contribution in [3.63, 3.8) is 0 Å². The Balaban J connectivity index is 0.00000625. The van der Waals surface area contributed by atoms with E-state index in [1.807, 2.05) is 18.3 Å². The first-order chi connectivity index (χ1) is 31.8. The number of benzene rings is 6. The van der Waals surface area contributed by atoms with E-state index in [9.17, 15) is 0 Å². The van der Waals surface area contributed by atoms with Gasteiger partial charge in [0, 0.05) is 56.7 Å². The molecule has 0 aliphatic rings. The Morgan fingerprint density at radius 1 is 0.776 bits per heavy atom. The number of para-hydroxylation sites is 1. The van der Waals surface area contributed by atoms with Crippen LogP contribution in [0, 0.1) is 24.4 Å². The second-order valence-electron chi connectivity index (χ2n) is 15.4. The van der Waals surface area contributed by atoms with E-state index in [1.54, 1.807) is 53.4 Å². The number of fused-ring (bicyclic) bond motifs is 3. The van der Waals surface area contributed by atoms with Gasteiger partial charge >= 0.3 is 0 Å². The molecule has 6 aromatic carbocycles. The zero-order valence-corrected chi connectivity index (χ0v) is 34.8. The maximum Gasteiger partial charge on any atom is 0.267 e. The van der Waals surface area contributed by atoms with E-state index in [2.05, 4.69) is 88.0 Å². The molecule has 0 atom stereocenters. The second kappa shape index (κ2) is 16.1. The Bertz CT molecular complexity index is 3320. The third-order valence-electron chi connectivity index (χ3n) is 9.83. The van der Waals surface area contributed by atoms with Gasteiger partial charge < -0.3 is 13.9 Å². The summed E-state index contributed by atoms with van der Waals surface area (Å²) >= 11 is 0. The molecule has 9 aromatic rings. The molecule has 290 valence electrons. The summed E-state index contributed by atoms with van der Waals surface area (Å²) in [5, 5.41) is 2.08. The average molecular weight is 946 g/mol. The van der Waals surface area contributed by atoms with Crippen LogP contribution in [-0.2, 0) is 32.9 Å². The summed E-state index contributed by atoms with van der Waals surface area (Å²) in [7, 11) is 0. The average Bonchev–Trinajstić information content (AvgIpc) is 3.92. The van der Waals surface area contributed by atoms with Crippen LogP contribution in [-0.4, -0.2) is 14.1 Å². The summed E-state index contributed by atoms with van der Waals surface area (Å²) in [5.74, 6) is 2.07. The molecule has 58 heavy (non-hydrogen) atoms. The molecule has 0 unspecified atom stereocenters. The molecule has 0 amide bonds. The SMILES string of the molecule is [2H]c1c([2H])c([2H])c(-c2cccc(-c3c([2H])c([2H])c([2H])c([2H])c3[2H])c2-[n+]2[c-]n(-c3[c-]c(Oc4[c-]c5c(cc4)c4cc(C(C)(C)C)ccc4n5-c4cc(CC(C)C)ccn4)ccc3)cc2)c([2H])c1[2H].[Pt]. The molecule has 0 aliphatic carbocycles. The van der Waals surface area contributed by atoms with Gasteiger partial charge in [0.1, 0.15) is 5.82 Å². The van der Waals surface area contributed by atoms with Crippen LogP contribution in [0.4, 0.5) is 0 Å². The molecule has 9 rings (SSSR count). The van der Waals surface area contributed by atoms with Crippen LogP contribution in [0.15, 0.2) is 158 Å². The number of pyridine rings is 1. The molecule has 0 fully saturated rings. The quantitative estimate of drug-likeness (QED) is 0.107. The molecular formula is C52H44N4OPt-2. The minimum atomic E-state index is -0.566. The van der Waals surface area contributed by atoms with Crippen molar-refractivity contribution >= 4 is 21.8 Å². The van der Waals surface area contributed by atoms with Crippen molar-refractivity contribution in [3.05, 3.63) is 187 Å². The third kappa shape index (κ3) is 7.67.